The molecule has 4 N–H and O–H groups in total. The maximum atomic E-state index is 11.3. The molecule has 1 aliphatic rings. The van der Waals surface area contributed by atoms with E-state index in [1.807, 2.05) is 0 Å². The number of rotatable bonds is 4. The molecule has 0 saturated heterocycles. The van der Waals surface area contributed by atoms with E-state index in [2.05, 4.69) is 10.5 Å². The normalized spacial score (nSPS) is 17.2. The van der Waals surface area contributed by atoms with Gasteiger partial charge < -0.3 is 16.5 Å². The van der Waals surface area contributed by atoms with Gasteiger partial charge in [-0.1, -0.05) is 18.2 Å². The van der Waals surface area contributed by atoms with Crippen molar-refractivity contribution in [3.8, 4) is 0 Å². The Morgan fingerprint density at radius 1 is 1.44 bits per heavy atom. The van der Waals surface area contributed by atoms with Gasteiger partial charge >= 0.3 is 5.91 Å². The van der Waals surface area contributed by atoms with E-state index < -0.39 is 5.91 Å². The van der Waals surface area contributed by atoms with Crippen LogP contribution in [0.25, 0.3) is 0 Å². The van der Waals surface area contributed by atoms with Crippen LogP contribution in [0, 0.1) is 10.3 Å². The monoisotopic (exact) mass is 220 g/mol. The molecule has 0 aromatic carbocycles. The highest BCUT2D eigenvalue weighted by Gasteiger charge is 2.17. The Morgan fingerprint density at radius 2 is 2.12 bits per heavy atom. The van der Waals surface area contributed by atoms with Crippen LogP contribution in [-0.4, -0.2) is 24.7 Å². The number of hydrogen-bond acceptors (Lipinski definition) is 5. The minimum absolute atomic E-state index is 0.0195. The van der Waals surface area contributed by atoms with Crippen molar-refractivity contribution in [1.29, 1.82) is 5.41 Å². The van der Waals surface area contributed by atoms with Gasteiger partial charge in [-0.05, 0) is 6.08 Å². The topological polar surface area (TPSA) is 108 Å². The maximum absolute atomic E-state index is 11.3. The summed E-state index contributed by atoms with van der Waals surface area (Å²) in [4.78, 5) is 21.5. The van der Waals surface area contributed by atoms with E-state index in [4.69, 9.17) is 11.1 Å². The number of allylic oxidation sites excluding steroid dienone is 5. The first-order chi connectivity index (χ1) is 7.70. The Kier molecular flexibility index (Phi) is 4.28. The summed E-state index contributed by atoms with van der Waals surface area (Å²) >= 11 is 0. The zero-order valence-corrected chi connectivity index (χ0v) is 8.56. The van der Waals surface area contributed by atoms with Crippen LogP contribution in [0.3, 0.4) is 0 Å². The Morgan fingerprint density at radius 3 is 2.69 bits per heavy atom. The van der Waals surface area contributed by atoms with Gasteiger partial charge in [0.2, 0.25) is 0 Å². The van der Waals surface area contributed by atoms with Crippen LogP contribution in [0.4, 0.5) is 0 Å². The minimum atomic E-state index is -0.923. The summed E-state index contributed by atoms with van der Waals surface area (Å²) < 4.78 is 0. The third kappa shape index (κ3) is 2.71. The molecule has 1 amide bonds. The number of nitrogens with two attached hydrogens (primary N) is 1. The summed E-state index contributed by atoms with van der Waals surface area (Å²) in [5, 5.41) is 12.7. The van der Waals surface area contributed by atoms with Crippen molar-refractivity contribution in [2.75, 3.05) is 13.1 Å². The molecule has 0 heterocycles. The summed E-state index contributed by atoms with van der Waals surface area (Å²) in [5.74, 6) is -0.923. The van der Waals surface area contributed by atoms with Gasteiger partial charge in [0.25, 0.3) is 0 Å². The molecule has 0 aromatic rings. The quantitative estimate of drug-likeness (QED) is 0.465. The fraction of sp³-hybridized carbons (Fsp3) is 0.200. The average Bonchev–Trinajstić information content (AvgIpc) is 2.31. The van der Waals surface area contributed by atoms with E-state index in [0.29, 0.717) is 18.7 Å². The second-order valence-corrected chi connectivity index (χ2v) is 3.03. The highest BCUT2D eigenvalue weighted by atomic mass is 16.3. The first kappa shape index (κ1) is 12.0. The fourth-order valence-corrected chi connectivity index (χ4v) is 1.23. The lowest BCUT2D eigenvalue weighted by molar-refractivity contribution is -0.114. The molecular formula is C10H12N4O2. The molecule has 6 nitrogen and oxygen atoms in total. The van der Waals surface area contributed by atoms with E-state index >= 15 is 0 Å². The molecule has 1 rings (SSSR count). The van der Waals surface area contributed by atoms with Crippen molar-refractivity contribution < 1.29 is 4.79 Å². The van der Waals surface area contributed by atoms with E-state index in [1.54, 1.807) is 18.2 Å². The van der Waals surface area contributed by atoms with Gasteiger partial charge in [0.1, 0.15) is 5.70 Å². The third-order valence-electron chi connectivity index (χ3n) is 1.94. The lowest BCUT2D eigenvalue weighted by atomic mass is 10.0. The number of nitroso groups, excluding NO2 is 1. The zero-order valence-electron chi connectivity index (χ0n) is 8.56. The average molecular weight is 220 g/mol. The van der Waals surface area contributed by atoms with Crippen LogP contribution < -0.4 is 11.1 Å². The molecular weight excluding hydrogens is 208 g/mol. The molecule has 0 bridgehead atoms. The summed E-state index contributed by atoms with van der Waals surface area (Å²) in [6.45, 7) is 0.654. The van der Waals surface area contributed by atoms with E-state index in [1.165, 1.54) is 6.08 Å². The number of nitrogens with zero attached hydrogens (tertiary/aromatic N) is 1. The standard InChI is InChI=1S/C10H12N4O2/c11-5-6-13-9(10(15)14-16)7-3-1-2-4-8(7)12/h1-4,12-13H,5-6,11H2/b9-7-,12-8?. The van der Waals surface area contributed by atoms with Crippen LogP contribution in [0.2, 0.25) is 0 Å². The predicted molar refractivity (Wildman–Crippen MR) is 60.9 cm³/mol. The van der Waals surface area contributed by atoms with Gasteiger partial charge in [-0.3, -0.25) is 4.79 Å². The Hall–Kier alpha value is -2.08. The van der Waals surface area contributed by atoms with Crippen molar-refractivity contribution in [3.05, 3.63) is 40.5 Å². The molecule has 0 radical (unpaired) electrons. The summed E-state index contributed by atoms with van der Waals surface area (Å²) in [7, 11) is 0. The summed E-state index contributed by atoms with van der Waals surface area (Å²) in [6.07, 6.45) is 6.45. The van der Waals surface area contributed by atoms with Crippen LogP contribution in [0.1, 0.15) is 0 Å². The largest absolute Gasteiger partial charge is 0.379 e. The highest BCUT2D eigenvalue weighted by molar-refractivity contribution is 6.14. The molecule has 6 heteroatoms. The Labute approximate surface area is 92.4 Å². The second kappa shape index (κ2) is 5.72. The number of carbonyl (C=O) groups excluding carboxylic acids is 1. The zero-order chi connectivity index (χ0) is 12.0. The summed E-state index contributed by atoms with van der Waals surface area (Å²) in [5.41, 5.74) is 5.81. The lowest BCUT2D eigenvalue weighted by Gasteiger charge is -2.11. The predicted octanol–water partition coefficient (Wildman–Crippen LogP) is 0.228. The third-order valence-corrected chi connectivity index (χ3v) is 1.94. The fourth-order valence-electron chi connectivity index (χ4n) is 1.23. The molecule has 84 valence electrons. The first-order valence-corrected chi connectivity index (χ1v) is 4.70. The molecule has 0 saturated carbocycles. The van der Waals surface area contributed by atoms with Gasteiger partial charge in [0, 0.05) is 23.8 Å². The van der Waals surface area contributed by atoms with Crippen molar-refractivity contribution in [2.45, 2.75) is 0 Å². The van der Waals surface area contributed by atoms with Crippen molar-refractivity contribution in [1.82, 2.24) is 5.32 Å². The Balaban J connectivity index is 3.06. The SMILES string of the molecule is N=C1C=CC=C/C1=C(/NCCN)C(=O)N=O. The molecule has 0 unspecified atom stereocenters. The first-order valence-electron chi connectivity index (χ1n) is 4.70. The molecule has 0 fully saturated rings. The van der Waals surface area contributed by atoms with Crippen molar-refractivity contribution in [3.63, 3.8) is 0 Å². The number of amides is 1. The molecule has 1 aliphatic carbocycles. The van der Waals surface area contributed by atoms with Crippen LogP contribution in [0.5, 0.6) is 0 Å². The van der Waals surface area contributed by atoms with Crippen LogP contribution in [-0.2, 0) is 4.79 Å². The van der Waals surface area contributed by atoms with Crippen LogP contribution in [0.15, 0.2) is 40.8 Å². The molecule has 0 aromatic heterocycles. The van der Waals surface area contributed by atoms with Crippen molar-refractivity contribution >= 4 is 11.6 Å². The van der Waals surface area contributed by atoms with E-state index in [0.717, 1.165) is 0 Å². The lowest BCUT2D eigenvalue weighted by Crippen LogP contribution is -2.28. The molecule has 0 spiro atoms. The minimum Gasteiger partial charge on any atom is -0.379 e. The second-order valence-electron chi connectivity index (χ2n) is 3.03. The summed E-state index contributed by atoms with van der Waals surface area (Å²) in [6, 6.07) is 0. The number of nitrogens with one attached hydrogen (secondary N) is 2. The molecule has 0 aliphatic heterocycles. The number of hydrogen-bond donors (Lipinski definition) is 3. The number of carbonyl (C=O) groups is 1. The highest BCUT2D eigenvalue weighted by Crippen LogP contribution is 2.12. The van der Waals surface area contributed by atoms with E-state index in [-0.39, 0.29) is 11.4 Å². The van der Waals surface area contributed by atoms with Gasteiger partial charge in [0.15, 0.2) is 0 Å². The van der Waals surface area contributed by atoms with Gasteiger partial charge in [-0.25, -0.2) is 0 Å². The Bertz CT molecular complexity index is 407. The van der Waals surface area contributed by atoms with Crippen molar-refractivity contribution in [2.24, 2.45) is 10.9 Å². The molecule has 0 atom stereocenters. The maximum Gasteiger partial charge on any atom is 0.333 e. The van der Waals surface area contributed by atoms with Gasteiger partial charge in [-0.15, -0.1) is 4.91 Å². The van der Waals surface area contributed by atoms with E-state index in [9.17, 15) is 9.70 Å². The van der Waals surface area contributed by atoms with Gasteiger partial charge in [-0.2, -0.15) is 0 Å². The molecule has 16 heavy (non-hydrogen) atoms. The smallest absolute Gasteiger partial charge is 0.333 e. The van der Waals surface area contributed by atoms with Gasteiger partial charge in [0.05, 0.1) is 5.71 Å². The van der Waals surface area contributed by atoms with Crippen LogP contribution >= 0.6 is 0 Å².